The van der Waals surface area contributed by atoms with Crippen LogP contribution < -0.4 is 5.73 Å². The van der Waals surface area contributed by atoms with Gasteiger partial charge in [-0.25, -0.2) is 8.42 Å². The largest absolute Gasteiger partial charge is 0.272 e. The highest BCUT2D eigenvalue weighted by Gasteiger charge is 2.17. The van der Waals surface area contributed by atoms with Gasteiger partial charge in [0.25, 0.3) is 5.91 Å². The van der Waals surface area contributed by atoms with Crippen LogP contribution in [0.2, 0.25) is 0 Å². The standard InChI is InChI=1S/C9H10NO3S/c1-7-2-4-8(5-3-7)14(12,13)6-9(10)11/h2-5,10H,6H2,1H3. The summed E-state index contributed by atoms with van der Waals surface area (Å²) in [5.74, 6) is -1.85. The lowest BCUT2D eigenvalue weighted by atomic mass is 10.2. The zero-order valence-electron chi connectivity index (χ0n) is 7.65. The van der Waals surface area contributed by atoms with Gasteiger partial charge in [0.1, 0.15) is 5.75 Å². The Labute approximate surface area is 82.7 Å². The van der Waals surface area contributed by atoms with Crippen molar-refractivity contribution >= 4 is 15.7 Å². The van der Waals surface area contributed by atoms with Crippen LogP contribution in [0.3, 0.4) is 0 Å². The highest BCUT2D eigenvalue weighted by molar-refractivity contribution is 7.92. The van der Waals surface area contributed by atoms with Crippen molar-refractivity contribution < 1.29 is 13.2 Å². The van der Waals surface area contributed by atoms with E-state index in [1.165, 1.54) is 12.1 Å². The third-order valence-electron chi connectivity index (χ3n) is 1.70. The molecule has 1 radical (unpaired) electrons. The highest BCUT2D eigenvalue weighted by Crippen LogP contribution is 2.11. The number of aryl methyl sites for hydroxylation is 1. The molecular weight excluding hydrogens is 202 g/mol. The molecule has 0 aliphatic heterocycles. The Hall–Kier alpha value is -1.36. The molecule has 0 saturated heterocycles. The summed E-state index contributed by atoms with van der Waals surface area (Å²) >= 11 is 0. The minimum Gasteiger partial charge on any atom is -0.272 e. The molecule has 0 heterocycles. The Balaban J connectivity index is 3.05. The summed E-state index contributed by atoms with van der Waals surface area (Å²) in [5.41, 5.74) is 7.55. The zero-order chi connectivity index (χ0) is 10.8. The lowest BCUT2D eigenvalue weighted by molar-refractivity contribution is -0.116. The normalized spacial score (nSPS) is 11.2. The molecule has 0 unspecified atom stereocenters. The van der Waals surface area contributed by atoms with E-state index in [4.69, 9.17) is 5.73 Å². The molecule has 75 valence electrons. The van der Waals surface area contributed by atoms with Crippen LogP contribution in [0.5, 0.6) is 0 Å². The van der Waals surface area contributed by atoms with Gasteiger partial charge in [-0.2, -0.15) is 0 Å². The van der Waals surface area contributed by atoms with Crippen molar-refractivity contribution in [3.63, 3.8) is 0 Å². The smallest absolute Gasteiger partial charge is 0.253 e. The lowest BCUT2D eigenvalue weighted by Gasteiger charge is -2.01. The van der Waals surface area contributed by atoms with E-state index >= 15 is 0 Å². The van der Waals surface area contributed by atoms with E-state index in [0.29, 0.717) is 0 Å². The van der Waals surface area contributed by atoms with E-state index in [1.807, 2.05) is 6.92 Å². The second kappa shape index (κ2) is 3.79. The summed E-state index contributed by atoms with van der Waals surface area (Å²) in [6.07, 6.45) is 0. The Morgan fingerprint density at radius 1 is 1.29 bits per heavy atom. The van der Waals surface area contributed by atoms with E-state index in [2.05, 4.69) is 0 Å². The molecule has 1 rings (SSSR count). The first-order valence-corrected chi connectivity index (χ1v) is 5.61. The average Bonchev–Trinajstić information content (AvgIpc) is 2.02. The van der Waals surface area contributed by atoms with Crippen LogP contribution in [0.25, 0.3) is 0 Å². The fourth-order valence-corrected chi connectivity index (χ4v) is 2.06. The molecule has 0 aliphatic rings. The molecule has 1 aromatic rings. The van der Waals surface area contributed by atoms with Gasteiger partial charge in [-0.05, 0) is 19.1 Å². The minimum atomic E-state index is -3.61. The van der Waals surface area contributed by atoms with E-state index in [1.54, 1.807) is 12.1 Å². The highest BCUT2D eigenvalue weighted by atomic mass is 32.2. The van der Waals surface area contributed by atoms with Crippen LogP contribution in [-0.2, 0) is 14.6 Å². The van der Waals surface area contributed by atoms with Crippen molar-refractivity contribution in [2.75, 3.05) is 5.75 Å². The Morgan fingerprint density at radius 3 is 2.21 bits per heavy atom. The molecule has 5 heteroatoms. The number of sulfone groups is 1. The predicted octanol–water partition coefficient (Wildman–Crippen LogP) is 0.578. The van der Waals surface area contributed by atoms with Gasteiger partial charge < -0.3 is 0 Å². The van der Waals surface area contributed by atoms with Gasteiger partial charge in [0.05, 0.1) is 4.90 Å². The van der Waals surface area contributed by atoms with Gasteiger partial charge in [0.15, 0.2) is 9.84 Å². The van der Waals surface area contributed by atoms with Crippen LogP contribution >= 0.6 is 0 Å². The number of carbonyl (C=O) groups is 1. The monoisotopic (exact) mass is 212 g/mol. The summed E-state index contributed by atoms with van der Waals surface area (Å²) < 4.78 is 22.8. The Morgan fingerprint density at radius 2 is 1.79 bits per heavy atom. The number of hydrogen-bond donors (Lipinski definition) is 0. The Bertz CT molecular complexity index is 434. The first-order valence-electron chi connectivity index (χ1n) is 3.96. The van der Waals surface area contributed by atoms with E-state index < -0.39 is 21.5 Å². The van der Waals surface area contributed by atoms with Gasteiger partial charge in [0.2, 0.25) is 0 Å². The molecule has 1 N–H and O–H groups in total. The predicted molar refractivity (Wildman–Crippen MR) is 51.3 cm³/mol. The van der Waals surface area contributed by atoms with Crippen molar-refractivity contribution in [2.24, 2.45) is 0 Å². The third-order valence-corrected chi connectivity index (χ3v) is 3.33. The summed E-state index contributed by atoms with van der Waals surface area (Å²) in [6.45, 7) is 1.84. The van der Waals surface area contributed by atoms with Crippen molar-refractivity contribution in [3.8, 4) is 0 Å². The maximum atomic E-state index is 11.4. The van der Waals surface area contributed by atoms with Crippen LogP contribution in [0.15, 0.2) is 29.2 Å². The Kier molecular flexibility index (Phi) is 2.90. The van der Waals surface area contributed by atoms with E-state index in [9.17, 15) is 13.2 Å². The molecule has 0 atom stereocenters. The zero-order valence-corrected chi connectivity index (χ0v) is 8.47. The summed E-state index contributed by atoms with van der Waals surface area (Å²) in [4.78, 5) is 10.5. The summed E-state index contributed by atoms with van der Waals surface area (Å²) in [6, 6.07) is 6.18. The molecule has 4 nitrogen and oxygen atoms in total. The lowest BCUT2D eigenvalue weighted by Crippen LogP contribution is -2.16. The molecular formula is C9H10NO3S. The maximum absolute atomic E-state index is 11.4. The van der Waals surface area contributed by atoms with Crippen LogP contribution in [-0.4, -0.2) is 20.1 Å². The number of rotatable bonds is 3. The quantitative estimate of drug-likeness (QED) is 0.735. The SMILES string of the molecule is Cc1ccc(S(=O)(=O)CC([NH])=O)cc1. The van der Waals surface area contributed by atoms with Crippen LogP contribution in [0.1, 0.15) is 5.56 Å². The topological polar surface area (TPSA) is 75.0 Å². The number of carbonyl (C=O) groups excluding carboxylic acids is 1. The van der Waals surface area contributed by atoms with E-state index in [0.717, 1.165) is 5.56 Å². The maximum Gasteiger partial charge on any atom is 0.253 e. The van der Waals surface area contributed by atoms with Gasteiger partial charge >= 0.3 is 0 Å². The van der Waals surface area contributed by atoms with Crippen LogP contribution in [0.4, 0.5) is 0 Å². The number of benzene rings is 1. The van der Waals surface area contributed by atoms with Crippen molar-refractivity contribution in [3.05, 3.63) is 29.8 Å². The van der Waals surface area contributed by atoms with E-state index in [-0.39, 0.29) is 4.90 Å². The molecule has 14 heavy (non-hydrogen) atoms. The average molecular weight is 212 g/mol. The molecule has 0 spiro atoms. The first-order chi connectivity index (χ1) is 6.42. The molecule has 0 saturated carbocycles. The number of hydrogen-bond acceptors (Lipinski definition) is 3. The first kappa shape index (κ1) is 10.7. The molecule has 0 bridgehead atoms. The van der Waals surface area contributed by atoms with Gasteiger partial charge in [0, 0.05) is 0 Å². The van der Waals surface area contributed by atoms with Gasteiger partial charge in [-0.1, -0.05) is 17.7 Å². The summed E-state index contributed by atoms with van der Waals surface area (Å²) in [5, 5.41) is 0. The fraction of sp³-hybridized carbons (Fsp3) is 0.222. The van der Waals surface area contributed by atoms with Crippen molar-refractivity contribution in [1.82, 2.24) is 5.73 Å². The second-order valence-electron chi connectivity index (χ2n) is 3.00. The molecule has 0 aromatic heterocycles. The van der Waals surface area contributed by atoms with Crippen molar-refractivity contribution in [1.29, 1.82) is 0 Å². The molecule has 1 aromatic carbocycles. The summed E-state index contributed by atoms with van der Waals surface area (Å²) in [7, 11) is -3.61. The number of nitrogens with one attached hydrogen (secondary N) is 1. The third kappa shape index (κ3) is 2.56. The number of amides is 1. The van der Waals surface area contributed by atoms with Crippen LogP contribution in [0, 0.1) is 6.92 Å². The molecule has 1 amide bonds. The molecule has 0 fully saturated rings. The van der Waals surface area contributed by atoms with Gasteiger partial charge in [-0.3, -0.25) is 10.5 Å². The fourth-order valence-electron chi connectivity index (χ4n) is 1.00. The molecule has 0 aliphatic carbocycles. The van der Waals surface area contributed by atoms with Gasteiger partial charge in [-0.15, -0.1) is 0 Å². The second-order valence-corrected chi connectivity index (χ2v) is 4.98. The van der Waals surface area contributed by atoms with Crippen molar-refractivity contribution in [2.45, 2.75) is 11.8 Å². The minimum absolute atomic E-state index is 0.0868.